The van der Waals surface area contributed by atoms with Gasteiger partial charge in [-0.05, 0) is 24.3 Å². The van der Waals surface area contributed by atoms with Crippen molar-refractivity contribution in [3.05, 3.63) is 48.9 Å². The van der Waals surface area contributed by atoms with E-state index in [9.17, 15) is 8.42 Å². The molecule has 112 valence electrons. The molecule has 0 spiro atoms. The standard InChI is InChI=1S/C15H14N4O2S/c1-19-10-13(18-15(19)12-5-3-4-8-16-12)11-6-7-14(17-9-11)22(2,20)21/h3-10H,1-2H3. The van der Waals surface area contributed by atoms with Crippen molar-refractivity contribution in [2.75, 3.05) is 6.26 Å². The minimum Gasteiger partial charge on any atom is -0.332 e. The molecule has 0 radical (unpaired) electrons. The SMILES string of the molecule is Cn1cc(-c2ccc(S(C)(=O)=O)nc2)nc1-c1ccccn1. The second-order valence-electron chi connectivity index (χ2n) is 4.93. The van der Waals surface area contributed by atoms with Crippen molar-refractivity contribution >= 4 is 9.84 Å². The van der Waals surface area contributed by atoms with Gasteiger partial charge in [-0.15, -0.1) is 0 Å². The summed E-state index contributed by atoms with van der Waals surface area (Å²) in [7, 11) is -1.41. The van der Waals surface area contributed by atoms with Crippen LogP contribution in [0.2, 0.25) is 0 Å². The van der Waals surface area contributed by atoms with E-state index in [0.717, 1.165) is 29.0 Å². The summed E-state index contributed by atoms with van der Waals surface area (Å²) in [5.74, 6) is 0.739. The normalized spacial score (nSPS) is 11.5. The molecule has 0 amide bonds. The lowest BCUT2D eigenvalue weighted by Gasteiger charge is -1.99. The second kappa shape index (κ2) is 5.34. The fraction of sp³-hybridized carbons (Fsp3) is 0.133. The Hall–Kier alpha value is -2.54. The van der Waals surface area contributed by atoms with Crippen molar-refractivity contribution in [2.45, 2.75) is 5.03 Å². The molecule has 0 bridgehead atoms. The molecule has 0 atom stereocenters. The molecule has 0 unspecified atom stereocenters. The van der Waals surface area contributed by atoms with Crippen LogP contribution in [0, 0.1) is 0 Å². The van der Waals surface area contributed by atoms with Crippen LogP contribution in [0.1, 0.15) is 0 Å². The van der Waals surface area contributed by atoms with Gasteiger partial charge in [0.25, 0.3) is 0 Å². The van der Waals surface area contributed by atoms with Crippen molar-refractivity contribution in [1.82, 2.24) is 19.5 Å². The summed E-state index contributed by atoms with van der Waals surface area (Å²) in [6.45, 7) is 0. The number of pyridine rings is 2. The number of sulfone groups is 1. The molecule has 0 aliphatic heterocycles. The summed E-state index contributed by atoms with van der Waals surface area (Å²) in [5.41, 5.74) is 2.25. The number of nitrogens with zero attached hydrogens (tertiary/aromatic N) is 4. The maximum absolute atomic E-state index is 11.4. The molecular formula is C15H14N4O2S. The Balaban J connectivity index is 2.00. The van der Waals surface area contributed by atoms with Crippen LogP contribution in [-0.2, 0) is 16.9 Å². The van der Waals surface area contributed by atoms with Crippen LogP contribution >= 0.6 is 0 Å². The van der Waals surface area contributed by atoms with E-state index in [1.165, 1.54) is 12.3 Å². The van der Waals surface area contributed by atoms with Gasteiger partial charge in [-0.25, -0.2) is 18.4 Å². The highest BCUT2D eigenvalue weighted by Gasteiger charge is 2.12. The Morgan fingerprint density at radius 3 is 2.45 bits per heavy atom. The Morgan fingerprint density at radius 1 is 1.05 bits per heavy atom. The maximum atomic E-state index is 11.4. The predicted octanol–water partition coefficient (Wildman–Crippen LogP) is 1.95. The molecule has 0 aromatic carbocycles. The molecular weight excluding hydrogens is 300 g/mol. The lowest BCUT2D eigenvalue weighted by Crippen LogP contribution is -1.99. The third-order valence-corrected chi connectivity index (χ3v) is 4.18. The Labute approximate surface area is 128 Å². The van der Waals surface area contributed by atoms with E-state index < -0.39 is 9.84 Å². The predicted molar refractivity (Wildman–Crippen MR) is 82.8 cm³/mol. The van der Waals surface area contributed by atoms with Crippen LogP contribution in [0.4, 0.5) is 0 Å². The van der Waals surface area contributed by atoms with Gasteiger partial charge < -0.3 is 4.57 Å². The summed E-state index contributed by atoms with van der Waals surface area (Å²) >= 11 is 0. The molecule has 22 heavy (non-hydrogen) atoms. The highest BCUT2D eigenvalue weighted by molar-refractivity contribution is 7.90. The fourth-order valence-electron chi connectivity index (χ4n) is 2.09. The number of aromatic nitrogens is 4. The lowest BCUT2D eigenvalue weighted by atomic mass is 10.2. The summed E-state index contributed by atoms with van der Waals surface area (Å²) in [6.07, 6.45) is 6.23. The summed E-state index contributed by atoms with van der Waals surface area (Å²) < 4.78 is 24.7. The molecule has 0 saturated heterocycles. The number of imidazole rings is 1. The third-order valence-electron chi connectivity index (χ3n) is 3.18. The van der Waals surface area contributed by atoms with E-state index in [4.69, 9.17) is 0 Å². The molecule has 3 rings (SSSR count). The zero-order valence-corrected chi connectivity index (χ0v) is 12.9. The molecule has 0 fully saturated rings. The van der Waals surface area contributed by atoms with Crippen molar-refractivity contribution in [3.8, 4) is 22.8 Å². The summed E-state index contributed by atoms with van der Waals surface area (Å²) in [5, 5.41) is 0.0529. The van der Waals surface area contributed by atoms with E-state index in [2.05, 4.69) is 15.0 Å². The van der Waals surface area contributed by atoms with Crippen LogP contribution in [0.3, 0.4) is 0 Å². The van der Waals surface area contributed by atoms with E-state index in [1.807, 2.05) is 36.0 Å². The molecule has 3 aromatic rings. The van der Waals surface area contributed by atoms with E-state index in [1.54, 1.807) is 12.3 Å². The zero-order valence-electron chi connectivity index (χ0n) is 12.1. The molecule has 0 saturated carbocycles. The first-order valence-corrected chi connectivity index (χ1v) is 8.45. The largest absolute Gasteiger partial charge is 0.332 e. The average Bonchev–Trinajstić information content (AvgIpc) is 2.89. The molecule has 0 aliphatic carbocycles. The van der Waals surface area contributed by atoms with Crippen molar-refractivity contribution in [3.63, 3.8) is 0 Å². The van der Waals surface area contributed by atoms with Crippen molar-refractivity contribution < 1.29 is 8.42 Å². The molecule has 7 heteroatoms. The third kappa shape index (κ3) is 2.75. The maximum Gasteiger partial charge on any atom is 0.192 e. The monoisotopic (exact) mass is 314 g/mol. The second-order valence-corrected chi connectivity index (χ2v) is 6.90. The quantitative estimate of drug-likeness (QED) is 0.738. The van der Waals surface area contributed by atoms with Gasteiger partial charge in [-0.1, -0.05) is 6.07 Å². The van der Waals surface area contributed by atoms with Crippen LogP contribution in [0.5, 0.6) is 0 Å². The van der Waals surface area contributed by atoms with Crippen molar-refractivity contribution in [1.29, 1.82) is 0 Å². The van der Waals surface area contributed by atoms with Gasteiger partial charge in [0.2, 0.25) is 0 Å². The first-order chi connectivity index (χ1) is 10.4. The Morgan fingerprint density at radius 2 is 1.86 bits per heavy atom. The van der Waals surface area contributed by atoms with Gasteiger partial charge in [0.15, 0.2) is 20.7 Å². The first-order valence-electron chi connectivity index (χ1n) is 6.56. The Kier molecular flexibility index (Phi) is 3.50. The van der Waals surface area contributed by atoms with E-state index in [-0.39, 0.29) is 5.03 Å². The van der Waals surface area contributed by atoms with Crippen LogP contribution < -0.4 is 0 Å². The lowest BCUT2D eigenvalue weighted by molar-refractivity contribution is 0.598. The number of hydrogen-bond donors (Lipinski definition) is 0. The number of hydrogen-bond acceptors (Lipinski definition) is 5. The van der Waals surface area contributed by atoms with Gasteiger partial charge in [-0.3, -0.25) is 4.98 Å². The first kappa shape index (κ1) is 14.4. The van der Waals surface area contributed by atoms with Crippen LogP contribution in [-0.4, -0.2) is 34.2 Å². The summed E-state index contributed by atoms with van der Waals surface area (Å²) in [4.78, 5) is 12.8. The summed E-state index contributed by atoms with van der Waals surface area (Å²) in [6, 6.07) is 8.82. The van der Waals surface area contributed by atoms with Crippen LogP contribution in [0.25, 0.3) is 22.8 Å². The average molecular weight is 314 g/mol. The number of rotatable bonds is 3. The molecule has 6 nitrogen and oxygen atoms in total. The fourth-order valence-corrected chi connectivity index (χ4v) is 2.65. The number of aryl methyl sites for hydroxylation is 1. The van der Waals surface area contributed by atoms with Gasteiger partial charge in [0, 0.05) is 37.5 Å². The Bertz CT molecular complexity index is 900. The zero-order chi connectivity index (χ0) is 15.7. The molecule has 0 aliphatic rings. The minimum atomic E-state index is -3.29. The smallest absolute Gasteiger partial charge is 0.192 e. The van der Waals surface area contributed by atoms with Gasteiger partial charge in [-0.2, -0.15) is 0 Å². The van der Waals surface area contributed by atoms with Crippen molar-refractivity contribution in [2.24, 2.45) is 7.05 Å². The minimum absolute atomic E-state index is 0.0529. The van der Waals surface area contributed by atoms with Gasteiger partial charge in [0.05, 0.1) is 5.69 Å². The highest BCUT2D eigenvalue weighted by Crippen LogP contribution is 2.23. The van der Waals surface area contributed by atoms with Crippen LogP contribution in [0.15, 0.2) is 53.9 Å². The highest BCUT2D eigenvalue weighted by atomic mass is 32.2. The van der Waals surface area contributed by atoms with E-state index >= 15 is 0 Å². The van der Waals surface area contributed by atoms with E-state index in [0.29, 0.717) is 0 Å². The molecule has 0 N–H and O–H groups in total. The topological polar surface area (TPSA) is 77.7 Å². The molecule has 3 heterocycles. The van der Waals surface area contributed by atoms with Gasteiger partial charge in [0.1, 0.15) is 5.69 Å². The molecule has 3 aromatic heterocycles. The van der Waals surface area contributed by atoms with Gasteiger partial charge >= 0.3 is 0 Å².